The first-order valence-corrected chi connectivity index (χ1v) is 12.4. The number of nitrogens with zero attached hydrogens (tertiary/aromatic N) is 6. The lowest BCUT2D eigenvalue weighted by Crippen LogP contribution is -2.20. The zero-order valence-electron chi connectivity index (χ0n) is 19.7. The molecule has 8 nitrogen and oxygen atoms in total. The fourth-order valence-electron chi connectivity index (χ4n) is 4.60. The van der Waals surface area contributed by atoms with Crippen LogP contribution >= 0.6 is 11.6 Å². The van der Waals surface area contributed by atoms with Gasteiger partial charge in [0.05, 0.1) is 18.3 Å². The Bertz CT molecular complexity index is 1480. The molecule has 0 spiro atoms. The van der Waals surface area contributed by atoms with Crippen molar-refractivity contribution in [3.8, 4) is 17.1 Å². The number of hydrogen-bond donors (Lipinski definition) is 0. The lowest BCUT2D eigenvalue weighted by molar-refractivity contribution is -0.0534. The van der Waals surface area contributed by atoms with Crippen molar-refractivity contribution >= 4 is 22.8 Å². The molecule has 0 N–H and O–H groups in total. The number of rotatable bonds is 6. The predicted octanol–water partition coefficient (Wildman–Crippen LogP) is 5.96. The van der Waals surface area contributed by atoms with Crippen molar-refractivity contribution in [2.75, 3.05) is 6.61 Å². The van der Waals surface area contributed by atoms with E-state index in [0.717, 1.165) is 24.5 Å². The van der Waals surface area contributed by atoms with E-state index in [9.17, 15) is 8.78 Å². The molecule has 4 aromatic rings. The van der Waals surface area contributed by atoms with Gasteiger partial charge < -0.3 is 9.47 Å². The monoisotopic (exact) mass is 530 g/mol. The van der Waals surface area contributed by atoms with Gasteiger partial charge in [-0.1, -0.05) is 11.6 Å². The number of halogens is 4. The van der Waals surface area contributed by atoms with Gasteiger partial charge in [0, 0.05) is 34.9 Å². The molecule has 192 valence electrons. The minimum atomic E-state index is -3.09. The Kier molecular flexibility index (Phi) is 6.20. The molecule has 1 saturated carbocycles. The lowest BCUT2D eigenvalue weighted by Gasteiger charge is -2.28. The molecule has 1 saturated heterocycles. The molecule has 1 aliphatic carbocycles. The smallest absolute Gasteiger partial charge is 0.388 e. The van der Waals surface area contributed by atoms with Crippen molar-refractivity contribution in [1.29, 1.82) is 0 Å². The van der Waals surface area contributed by atoms with Gasteiger partial charge in [0.15, 0.2) is 5.65 Å². The molecular formula is C25H22ClF3N6O2. The van der Waals surface area contributed by atoms with Gasteiger partial charge in [-0.2, -0.15) is 13.9 Å². The van der Waals surface area contributed by atoms with Crippen LogP contribution in [0, 0.1) is 12.7 Å². The average Bonchev–Trinajstić information content (AvgIpc) is 3.60. The Labute approximate surface area is 214 Å². The molecule has 6 rings (SSSR count). The zero-order chi connectivity index (χ0) is 25.7. The zero-order valence-corrected chi connectivity index (χ0v) is 20.5. The van der Waals surface area contributed by atoms with Crippen molar-refractivity contribution in [3.05, 3.63) is 58.5 Å². The minimum absolute atomic E-state index is 0.0561. The van der Waals surface area contributed by atoms with E-state index >= 15 is 4.39 Å². The largest absolute Gasteiger partial charge is 0.415 e. The molecule has 2 aliphatic rings. The number of aromatic nitrogens is 6. The van der Waals surface area contributed by atoms with Crippen LogP contribution in [0.15, 0.2) is 30.6 Å². The van der Waals surface area contributed by atoms with Gasteiger partial charge in [-0.05, 0) is 50.8 Å². The van der Waals surface area contributed by atoms with E-state index in [0.29, 0.717) is 31.3 Å². The van der Waals surface area contributed by atoms with E-state index in [1.165, 1.54) is 19.1 Å². The van der Waals surface area contributed by atoms with E-state index in [-0.39, 0.29) is 51.0 Å². The van der Waals surface area contributed by atoms with Gasteiger partial charge in [-0.25, -0.2) is 24.3 Å². The predicted molar refractivity (Wildman–Crippen MR) is 128 cm³/mol. The van der Waals surface area contributed by atoms with Crippen LogP contribution in [-0.2, 0) is 4.74 Å². The van der Waals surface area contributed by atoms with Crippen molar-refractivity contribution < 1.29 is 22.6 Å². The highest BCUT2D eigenvalue weighted by atomic mass is 35.5. The second-order valence-corrected chi connectivity index (χ2v) is 9.72. The summed E-state index contributed by atoms with van der Waals surface area (Å²) >= 11 is 5.95. The summed E-state index contributed by atoms with van der Waals surface area (Å²) in [4.78, 5) is 17.9. The third-order valence-corrected chi connectivity index (χ3v) is 6.86. The molecule has 2 atom stereocenters. The third kappa shape index (κ3) is 4.85. The molecule has 3 aromatic heterocycles. The van der Waals surface area contributed by atoms with Gasteiger partial charge in [0.25, 0.3) is 0 Å². The highest BCUT2D eigenvalue weighted by Gasteiger charge is 2.31. The normalized spacial score (nSPS) is 20.1. The summed E-state index contributed by atoms with van der Waals surface area (Å²) in [5.74, 6) is -0.653. The molecule has 0 radical (unpaired) electrons. The van der Waals surface area contributed by atoms with Crippen LogP contribution in [-0.4, -0.2) is 42.9 Å². The van der Waals surface area contributed by atoms with Gasteiger partial charge in [-0.15, -0.1) is 0 Å². The van der Waals surface area contributed by atoms with E-state index < -0.39 is 12.4 Å². The topological polar surface area (TPSA) is 87.8 Å². The quantitative estimate of drug-likeness (QED) is 0.304. The summed E-state index contributed by atoms with van der Waals surface area (Å²) < 4.78 is 53.5. The number of fused-ring (bicyclic) bond motifs is 1. The molecule has 4 heterocycles. The van der Waals surface area contributed by atoms with Crippen LogP contribution in [0.3, 0.4) is 0 Å². The average molecular weight is 531 g/mol. The molecule has 0 bridgehead atoms. The Balaban J connectivity index is 1.42. The van der Waals surface area contributed by atoms with Crippen LogP contribution in [0.25, 0.3) is 22.4 Å². The molecule has 1 aliphatic heterocycles. The Morgan fingerprint density at radius 2 is 1.97 bits per heavy atom. The second-order valence-electron chi connectivity index (χ2n) is 9.29. The first-order chi connectivity index (χ1) is 17.9. The van der Waals surface area contributed by atoms with Gasteiger partial charge >= 0.3 is 6.61 Å². The Morgan fingerprint density at radius 3 is 2.73 bits per heavy atom. The maximum atomic E-state index is 15.0. The first-order valence-electron chi connectivity index (χ1n) is 12.0. The summed E-state index contributed by atoms with van der Waals surface area (Å²) in [7, 11) is 0. The summed E-state index contributed by atoms with van der Waals surface area (Å²) in [6, 6.07) is 4.62. The van der Waals surface area contributed by atoms with Crippen molar-refractivity contribution in [1.82, 2.24) is 29.7 Å². The molecule has 37 heavy (non-hydrogen) atoms. The summed E-state index contributed by atoms with van der Waals surface area (Å²) in [5.41, 5.74) is 1.58. The Hall–Kier alpha value is -3.31. The summed E-state index contributed by atoms with van der Waals surface area (Å²) in [5, 5.41) is 4.68. The van der Waals surface area contributed by atoms with Crippen molar-refractivity contribution in [3.63, 3.8) is 0 Å². The molecule has 0 amide bonds. The van der Waals surface area contributed by atoms with Gasteiger partial charge in [-0.3, -0.25) is 4.68 Å². The SMILES string of the molecule is Cc1nc2nc([C@@H]3CCO[C@@H](c4cnn(C5CC5)c4)C3)nc(-c3ccc(Cl)cc3F)c2nc1OC(F)F. The maximum Gasteiger partial charge on any atom is 0.388 e. The van der Waals surface area contributed by atoms with Crippen LogP contribution < -0.4 is 4.74 Å². The maximum absolute atomic E-state index is 15.0. The fourth-order valence-corrected chi connectivity index (χ4v) is 4.76. The highest BCUT2D eigenvalue weighted by Crippen LogP contribution is 2.40. The fraction of sp³-hybridized carbons (Fsp3) is 0.400. The Morgan fingerprint density at radius 1 is 1.14 bits per heavy atom. The van der Waals surface area contributed by atoms with Crippen molar-refractivity contribution in [2.45, 2.75) is 57.3 Å². The number of aryl methyl sites for hydroxylation is 1. The van der Waals surface area contributed by atoms with E-state index in [1.807, 2.05) is 17.1 Å². The van der Waals surface area contributed by atoms with E-state index in [4.69, 9.17) is 21.3 Å². The second kappa shape index (κ2) is 9.53. The molecule has 1 aromatic carbocycles. The van der Waals surface area contributed by atoms with E-state index in [2.05, 4.69) is 24.8 Å². The number of benzene rings is 1. The number of hydrogen-bond acceptors (Lipinski definition) is 7. The minimum Gasteiger partial charge on any atom is -0.415 e. The molecular weight excluding hydrogens is 509 g/mol. The summed E-state index contributed by atoms with van der Waals surface area (Å²) in [6.07, 6.45) is 7.20. The van der Waals surface area contributed by atoms with Crippen LogP contribution in [0.4, 0.5) is 13.2 Å². The van der Waals surface area contributed by atoms with Gasteiger partial charge in [0.1, 0.15) is 28.5 Å². The van der Waals surface area contributed by atoms with Crippen molar-refractivity contribution in [2.24, 2.45) is 0 Å². The van der Waals surface area contributed by atoms with E-state index in [1.54, 1.807) is 0 Å². The lowest BCUT2D eigenvalue weighted by atomic mass is 9.92. The van der Waals surface area contributed by atoms with Crippen LogP contribution in [0.1, 0.15) is 60.8 Å². The molecule has 12 heteroatoms. The standard InChI is InChI=1S/C25H22ClF3N6O2/c1-12-24(37-25(28)29)33-21-20(17-5-2-15(26)9-18(17)27)32-22(34-23(21)31-12)13-6-7-36-19(8-13)14-10-30-35(11-14)16-3-4-16/h2,5,9-11,13,16,19,25H,3-4,6-8H2,1H3/t13-,19-/m1/s1. The molecule has 0 unspecified atom stereocenters. The van der Waals surface area contributed by atoms with Crippen LogP contribution in [0.5, 0.6) is 5.88 Å². The third-order valence-electron chi connectivity index (χ3n) is 6.63. The molecule has 2 fully saturated rings. The number of alkyl halides is 2. The van der Waals surface area contributed by atoms with Crippen LogP contribution in [0.2, 0.25) is 5.02 Å². The first kappa shape index (κ1) is 24.1. The summed E-state index contributed by atoms with van der Waals surface area (Å²) in [6.45, 7) is -1.11. The number of ether oxygens (including phenoxy) is 2. The highest BCUT2D eigenvalue weighted by molar-refractivity contribution is 6.30. The van der Waals surface area contributed by atoms with Gasteiger partial charge in [0.2, 0.25) is 5.88 Å².